The minimum absolute atomic E-state index is 0.0126. The number of aryl methyl sites for hydroxylation is 1. The zero-order chi connectivity index (χ0) is 18.1. The number of H-pyrrole nitrogens is 1. The van der Waals surface area contributed by atoms with Gasteiger partial charge in [-0.2, -0.15) is 0 Å². The van der Waals surface area contributed by atoms with Crippen molar-refractivity contribution in [2.45, 2.75) is 13.5 Å². The Morgan fingerprint density at radius 1 is 1.08 bits per heavy atom. The number of hydrogen-bond acceptors (Lipinski definition) is 2. The van der Waals surface area contributed by atoms with Gasteiger partial charge in [0, 0.05) is 43.6 Å². The van der Waals surface area contributed by atoms with Crippen LogP contribution in [0.5, 0.6) is 0 Å². The second-order valence-electron chi connectivity index (χ2n) is 6.92. The number of rotatable bonds is 3. The summed E-state index contributed by atoms with van der Waals surface area (Å²) in [5.41, 5.74) is 4.01. The lowest BCUT2D eigenvalue weighted by Gasteiger charge is -2.34. The van der Waals surface area contributed by atoms with E-state index in [9.17, 15) is 4.79 Å². The number of aromatic amines is 1. The van der Waals surface area contributed by atoms with Gasteiger partial charge in [-0.25, -0.2) is 0 Å². The number of nitrogens with one attached hydrogen (secondary N) is 1. The number of carbonyl (C=O) groups is 1. The molecule has 0 atom stereocenters. The standard InChI is InChI=1S/C21H22ClN3O/c1-15-5-4-6-16(13-15)14-24-9-11-25(12-10-24)21(26)20-19(22)17-7-2-3-8-18(17)23-20/h2-8,13,23H,9-12,14H2,1H3. The molecule has 0 bridgehead atoms. The number of halogens is 1. The van der Waals surface area contributed by atoms with Crippen molar-refractivity contribution in [3.8, 4) is 0 Å². The number of hydrogen-bond donors (Lipinski definition) is 1. The predicted octanol–water partition coefficient (Wildman–Crippen LogP) is 4.09. The lowest BCUT2D eigenvalue weighted by Crippen LogP contribution is -2.48. The second kappa shape index (κ2) is 7.14. The monoisotopic (exact) mass is 367 g/mol. The molecule has 1 saturated heterocycles. The summed E-state index contributed by atoms with van der Waals surface area (Å²) >= 11 is 6.43. The summed E-state index contributed by atoms with van der Waals surface area (Å²) in [5, 5.41) is 1.42. The summed E-state index contributed by atoms with van der Waals surface area (Å²) in [6.07, 6.45) is 0. The van der Waals surface area contributed by atoms with Gasteiger partial charge < -0.3 is 9.88 Å². The van der Waals surface area contributed by atoms with Crippen molar-refractivity contribution in [3.05, 3.63) is 70.4 Å². The number of amides is 1. The normalized spacial score (nSPS) is 15.5. The van der Waals surface area contributed by atoms with E-state index in [1.165, 1.54) is 11.1 Å². The molecule has 2 heterocycles. The summed E-state index contributed by atoms with van der Waals surface area (Å²) in [6.45, 7) is 6.22. The summed E-state index contributed by atoms with van der Waals surface area (Å²) in [7, 11) is 0. The Morgan fingerprint density at radius 3 is 2.58 bits per heavy atom. The Bertz CT molecular complexity index is 941. The molecule has 1 aliphatic heterocycles. The van der Waals surface area contributed by atoms with E-state index < -0.39 is 0 Å². The SMILES string of the molecule is Cc1cccc(CN2CCN(C(=O)c3[nH]c4ccccc4c3Cl)CC2)c1. The minimum Gasteiger partial charge on any atom is -0.349 e. The van der Waals surface area contributed by atoms with Crippen molar-refractivity contribution in [1.82, 2.24) is 14.8 Å². The average Bonchev–Trinajstić information content (AvgIpc) is 2.99. The van der Waals surface area contributed by atoms with Gasteiger partial charge in [-0.1, -0.05) is 59.6 Å². The molecule has 1 fully saturated rings. The quantitative estimate of drug-likeness (QED) is 0.757. The first-order valence-corrected chi connectivity index (χ1v) is 9.33. The smallest absolute Gasteiger partial charge is 0.271 e. The van der Waals surface area contributed by atoms with Crippen LogP contribution in [0.25, 0.3) is 10.9 Å². The molecule has 26 heavy (non-hydrogen) atoms. The van der Waals surface area contributed by atoms with Gasteiger partial charge in [-0.3, -0.25) is 9.69 Å². The molecule has 2 aromatic carbocycles. The maximum Gasteiger partial charge on any atom is 0.271 e. The van der Waals surface area contributed by atoms with Gasteiger partial charge >= 0.3 is 0 Å². The molecule has 0 aliphatic carbocycles. The highest BCUT2D eigenvalue weighted by Gasteiger charge is 2.25. The van der Waals surface area contributed by atoms with Crippen LogP contribution in [0.2, 0.25) is 5.02 Å². The van der Waals surface area contributed by atoms with E-state index in [2.05, 4.69) is 41.1 Å². The molecule has 1 aliphatic rings. The Morgan fingerprint density at radius 2 is 1.85 bits per heavy atom. The van der Waals surface area contributed by atoms with Crippen LogP contribution in [0.4, 0.5) is 0 Å². The van der Waals surface area contributed by atoms with Gasteiger partial charge in [0.05, 0.1) is 5.02 Å². The maximum absolute atomic E-state index is 12.9. The first-order chi connectivity index (χ1) is 12.6. The number of fused-ring (bicyclic) bond motifs is 1. The zero-order valence-electron chi connectivity index (χ0n) is 14.8. The fraction of sp³-hybridized carbons (Fsp3) is 0.286. The largest absolute Gasteiger partial charge is 0.349 e. The van der Waals surface area contributed by atoms with Crippen LogP contribution in [0.15, 0.2) is 48.5 Å². The molecule has 1 aromatic heterocycles. The summed E-state index contributed by atoms with van der Waals surface area (Å²) in [5.74, 6) is -0.0126. The third-order valence-electron chi connectivity index (χ3n) is 5.00. The third kappa shape index (κ3) is 3.35. The number of piperazine rings is 1. The van der Waals surface area contributed by atoms with Gasteiger partial charge in [-0.05, 0) is 18.6 Å². The van der Waals surface area contributed by atoms with Gasteiger partial charge in [0.25, 0.3) is 5.91 Å². The Hall–Kier alpha value is -2.30. The average molecular weight is 368 g/mol. The van der Waals surface area contributed by atoms with E-state index in [0.29, 0.717) is 10.7 Å². The van der Waals surface area contributed by atoms with Gasteiger partial charge in [0.15, 0.2) is 0 Å². The van der Waals surface area contributed by atoms with Crippen LogP contribution in [0, 0.1) is 6.92 Å². The van der Waals surface area contributed by atoms with Crippen LogP contribution in [0.1, 0.15) is 21.6 Å². The summed E-state index contributed by atoms with van der Waals surface area (Å²) < 4.78 is 0. The molecule has 0 radical (unpaired) electrons. The Balaban J connectivity index is 1.42. The van der Waals surface area contributed by atoms with Gasteiger partial charge in [0.1, 0.15) is 5.69 Å². The topological polar surface area (TPSA) is 39.3 Å². The van der Waals surface area contributed by atoms with Gasteiger partial charge in [0.2, 0.25) is 0 Å². The number of para-hydroxylation sites is 1. The van der Waals surface area contributed by atoms with Crippen molar-refractivity contribution < 1.29 is 4.79 Å². The van der Waals surface area contributed by atoms with Crippen molar-refractivity contribution >= 4 is 28.4 Å². The molecule has 3 aromatic rings. The van der Waals surface area contributed by atoms with Crippen LogP contribution < -0.4 is 0 Å². The molecule has 5 heteroatoms. The van der Waals surface area contributed by atoms with Crippen molar-refractivity contribution in [2.24, 2.45) is 0 Å². The maximum atomic E-state index is 12.9. The summed E-state index contributed by atoms with van der Waals surface area (Å²) in [4.78, 5) is 20.4. The molecule has 1 amide bonds. The van der Waals surface area contributed by atoms with Crippen LogP contribution in [-0.2, 0) is 6.54 Å². The van der Waals surface area contributed by atoms with E-state index in [-0.39, 0.29) is 5.91 Å². The van der Waals surface area contributed by atoms with E-state index in [0.717, 1.165) is 43.6 Å². The lowest BCUT2D eigenvalue weighted by molar-refractivity contribution is 0.0624. The van der Waals surface area contributed by atoms with Crippen molar-refractivity contribution in [1.29, 1.82) is 0 Å². The molecule has 0 unspecified atom stereocenters. The van der Waals surface area contributed by atoms with E-state index in [1.54, 1.807) is 0 Å². The molecular formula is C21H22ClN3O. The molecule has 134 valence electrons. The number of carbonyl (C=O) groups excluding carboxylic acids is 1. The van der Waals surface area contributed by atoms with Crippen LogP contribution in [-0.4, -0.2) is 46.9 Å². The van der Waals surface area contributed by atoms with Crippen molar-refractivity contribution in [2.75, 3.05) is 26.2 Å². The minimum atomic E-state index is -0.0126. The van der Waals surface area contributed by atoms with E-state index in [1.807, 2.05) is 29.2 Å². The third-order valence-corrected chi connectivity index (χ3v) is 5.40. The molecule has 0 saturated carbocycles. The fourth-order valence-electron chi connectivity index (χ4n) is 3.59. The highest BCUT2D eigenvalue weighted by Crippen LogP contribution is 2.28. The predicted molar refractivity (Wildman–Crippen MR) is 106 cm³/mol. The van der Waals surface area contributed by atoms with E-state index >= 15 is 0 Å². The number of nitrogens with zero attached hydrogens (tertiary/aromatic N) is 2. The number of aromatic nitrogens is 1. The zero-order valence-corrected chi connectivity index (χ0v) is 15.6. The highest BCUT2D eigenvalue weighted by atomic mass is 35.5. The lowest BCUT2D eigenvalue weighted by atomic mass is 10.1. The summed E-state index contributed by atoms with van der Waals surface area (Å²) in [6, 6.07) is 16.3. The Labute approximate surface area is 158 Å². The Kier molecular flexibility index (Phi) is 4.70. The highest BCUT2D eigenvalue weighted by molar-refractivity contribution is 6.38. The fourth-order valence-corrected chi connectivity index (χ4v) is 3.88. The first kappa shape index (κ1) is 17.1. The second-order valence-corrected chi connectivity index (χ2v) is 7.29. The van der Waals surface area contributed by atoms with Gasteiger partial charge in [-0.15, -0.1) is 0 Å². The van der Waals surface area contributed by atoms with Crippen LogP contribution >= 0.6 is 11.6 Å². The number of benzene rings is 2. The molecule has 4 rings (SSSR count). The van der Waals surface area contributed by atoms with Crippen molar-refractivity contribution in [3.63, 3.8) is 0 Å². The van der Waals surface area contributed by atoms with Crippen LogP contribution in [0.3, 0.4) is 0 Å². The molecule has 0 spiro atoms. The van der Waals surface area contributed by atoms with E-state index in [4.69, 9.17) is 11.6 Å². The first-order valence-electron chi connectivity index (χ1n) is 8.95. The molecule has 4 nitrogen and oxygen atoms in total. The molecule has 1 N–H and O–H groups in total. The molecular weight excluding hydrogens is 346 g/mol.